The molecule has 6 nitrogen and oxygen atoms in total. The Morgan fingerprint density at radius 3 is 2.64 bits per heavy atom. The first kappa shape index (κ1) is 18.4. The van der Waals surface area contributed by atoms with Gasteiger partial charge in [0.05, 0.1) is 11.7 Å². The van der Waals surface area contributed by atoms with E-state index in [9.17, 15) is 9.59 Å². The number of benzene rings is 2. The number of thioether (sulfide) groups is 1. The lowest BCUT2D eigenvalue weighted by Gasteiger charge is -2.09. The molecule has 142 valence electrons. The Labute approximate surface area is 167 Å². The van der Waals surface area contributed by atoms with Gasteiger partial charge >= 0.3 is 0 Å². The number of carbonyl (C=O) groups is 2. The Balaban J connectivity index is 1.52. The molecule has 3 aromatic rings. The molecule has 2 aromatic carbocycles. The summed E-state index contributed by atoms with van der Waals surface area (Å²) < 4.78 is 1.95. The molecule has 0 radical (unpaired) electrons. The number of fused-ring (bicyclic) bond motifs is 1. The van der Waals surface area contributed by atoms with Crippen LogP contribution in [0.15, 0.2) is 47.6 Å². The summed E-state index contributed by atoms with van der Waals surface area (Å²) in [5, 5.41) is 11.9. The topological polar surface area (TPSA) is 76.9 Å². The molecule has 1 atom stereocenters. The summed E-state index contributed by atoms with van der Waals surface area (Å²) in [5.41, 5.74) is 4.42. The summed E-state index contributed by atoms with van der Waals surface area (Å²) in [5.74, 6) is 0.752. The number of aromatic nitrogens is 3. The van der Waals surface area contributed by atoms with Crippen molar-refractivity contribution >= 4 is 29.1 Å². The largest absolute Gasteiger partial charge is 0.325 e. The van der Waals surface area contributed by atoms with Crippen molar-refractivity contribution < 1.29 is 9.59 Å². The van der Waals surface area contributed by atoms with E-state index in [2.05, 4.69) is 15.5 Å². The second-order valence-electron chi connectivity index (χ2n) is 6.93. The number of hydrogen-bond acceptors (Lipinski definition) is 5. The first-order valence-electron chi connectivity index (χ1n) is 9.04. The second-order valence-corrected chi connectivity index (χ2v) is 7.87. The van der Waals surface area contributed by atoms with Crippen LogP contribution in [-0.2, 0) is 4.79 Å². The highest BCUT2D eigenvalue weighted by Crippen LogP contribution is 2.33. The van der Waals surface area contributed by atoms with E-state index in [4.69, 9.17) is 0 Å². The molecule has 0 saturated heterocycles. The summed E-state index contributed by atoms with van der Waals surface area (Å²) in [6, 6.07) is 13.5. The number of Topliss-reactive ketones (excluding diaryl/α,β-unsaturated/α-hetero) is 1. The van der Waals surface area contributed by atoms with Crippen molar-refractivity contribution in [3.63, 3.8) is 0 Å². The van der Waals surface area contributed by atoms with Crippen molar-refractivity contribution in [3.8, 4) is 5.69 Å². The molecule has 0 aliphatic carbocycles. The number of hydrogen-bond donors (Lipinski definition) is 1. The molecule has 1 aromatic heterocycles. The minimum Gasteiger partial charge on any atom is -0.325 e. The maximum absolute atomic E-state index is 12.7. The van der Waals surface area contributed by atoms with Gasteiger partial charge in [-0.3, -0.25) is 14.2 Å². The smallest absolute Gasteiger partial charge is 0.231 e. The average molecular weight is 392 g/mol. The highest BCUT2D eigenvalue weighted by molar-refractivity contribution is 7.99. The maximum Gasteiger partial charge on any atom is 0.231 e. The van der Waals surface area contributed by atoms with Gasteiger partial charge < -0.3 is 5.32 Å². The van der Waals surface area contributed by atoms with Crippen LogP contribution in [0.3, 0.4) is 0 Å². The highest BCUT2D eigenvalue weighted by atomic mass is 32.2. The van der Waals surface area contributed by atoms with Crippen LogP contribution >= 0.6 is 11.8 Å². The second kappa shape index (κ2) is 7.24. The summed E-state index contributed by atoms with van der Waals surface area (Å²) in [4.78, 5) is 24.5. The molecule has 1 amide bonds. The van der Waals surface area contributed by atoms with Gasteiger partial charge in [0.1, 0.15) is 5.82 Å². The standard InChI is InChI=1S/C21H20N4O2S/c1-12-4-7-16(8-5-12)25-14(3)23-24-21(25)28-11-19(26)15-6-9-18-17(10-15)13(2)20(27)22-18/h4-10,13H,11H2,1-3H3,(H,22,27)/t13-/m1/s1. The zero-order chi connectivity index (χ0) is 19.8. The van der Waals surface area contributed by atoms with Gasteiger partial charge in [0.25, 0.3) is 0 Å². The number of aryl methyl sites for hydroxylation is 2. The number of nitrogens with zero attached hydrogens (tertiary/aromatic N) is 3. The fraction of sp³-hybridized carbons (Fsp3) is 0.238. The molecule has 1 aliphatic rings. The molecule has 7 heteroatoms. The fourth-order valence-corrected chi connectivity index (χ4v) is 4.12. The van der Waals surface area contributed by atoms with E-state index in [0.29, 0.717) is 10.7 Å². The van der Waals surface area contributed by atoms with Gasteiger partial charge in [-0.1, -0.05) is 29.5 Å². The zero-order valence-electron chi connectivity index (χ0n) is 15.9. The SMILES string of the molecule is Cc1ccc(-n2c(C)nnc2SCC(=O)c2ccc3c(c2)[C@@H](C)C(=O)N3)cc1. The van der Waals surface area contributed by atoms with E-state index in [-0.39, 0.29) is 23.4 Å². The average Bonchev–Trinajstić information content (AvgIpc) is 3.20. The van der Waals surface area contributed by atoms with Crippen molar-refractivity contribution in [2.75, 3.05) is 11.1 Å². The molecule has 0 bridgehead atoms. The molecule has 0 unspecified atom stereocenters. The van der Waals surface area contributed by atoms with Crippen LogP contribution < -0.4 is 5.32 Å². The van der Waals surface area contributed by atoms with Crippen molar-refractivity contribution in [3.05, 3.63) is 65.0 Å². The predicted octanol–water partition coefficient (Wildman–Crippen LogP) is 3.91. The number of rotatable bonds is 5. The van der Waals surface area contributed by atoms with Crippen LogP contribution in [0, 0.1) is 13.8 Å². The molecule has 1 aliphatic heterocycles. The Bertz CT molecular complexity index is 1070. The van der Waals surface area contributed by atoms with Crippen molar-refractivity contribution in [2.24, 2.45) is 0 Å². The maximum atomic E-state index is 12.7. The molecule has 0 fully saturated rings. The van der Waals surface area contributed by atoms with E-state index >= 15 is 0 Å². The third-order valence-corrected chi connectivity index (χ3v) is 5.84. The third-order valence-electron chi connectivity index (χ3n) is 4.91. The van der Waals surface area contributed by atoms with Crippen LogP contribution in [0.1, 0.15) is 40.2 Å². The zero-order valence-corrected chi connectivity index (χ0v) is 16.7. The lowest BCUT2D eigenvalue weighted by Crippen LogP contribution is -2.08. The number of anilines is 1. The molecular formula is C21H20N4O2S. The van der Waals surface area contributed by atoms with Crippen LogP contribution in [-0.4, -0.2) is 32.2 Å². The fourth-order valence-electron chi connectivity index (χ4n) is 3.23. The van der Waals surface area contributed by atoms with Gasteiger partial charge in [0.15, 0.2) is 10.9 Å². The Morgan fingerprint density at radius 2 is 1.89 bits per heavy atom. The van der Waals surface area contributed by atoms with Crippen LogP contribution in [0.5, 0.6) is 0 Å². The van der Waals surface area contributed by atoms with Crippen molar-refractivity contribution in [2.45, 2.75) is 31.8 Å². The van der Waals surface area contributed by atoms with Crippen LogP contribution in [0.2, 0.25) is 0 Å². The van der Waals surface area contributed by atoms with Crippen LogP contribution in [0.4, 0.5) is 5.69 Å². The summed E-state index contributed by atoms with van der Waals surface area (Å²) in [6.07, 6.45) is 0. The summed E-state index contributed by atoms with van der Waals surface area (Å²) >= 11 is 1.36. The Morgan fingerprint density at radius 1 is 1.14 bits per heavy atom. The molecule has 0 saturated carbocycles. The van der Waals surface area contributed by atoms with E-state index in [0.717, 1.165) is 22.8 Å². The number of nitrogens with one attached hydrogen (secondary N) is 1. The van der Waals surface area contributed by atoms with Crippen molar-refractivity contribution in [1.82, 2.24) is 14.8 Å². The third kappa shape index (κ3) is 3.33. The Kier molecular flexibility index (Phi) is 4.77. The van der Waals surface area contributed by atoms with Crippen molar-refractivity contribution in [1.29, 1.82) is 0 Å². The summed E-state index contributed by atoms with van der Waals surface area (Å²) in [7, 11) is 0. The van der Waals surface area contributed by atoms with Gasteiger partial charge in [-0.25, -0.2) is 0 Å². The predicted molar refractivity (Wildman–Crippen MR) is 109 cm³/mol. The van der Waals surface area contributed by atoms with Gasteiger partial charge in [0, 0.05) is 16.9 Å². The quantitative estimate of drug-likeness (QED) is 0.526. The molecule has 2 heterocycles. The van der Waals surface area contributed by atoms with E-state index in [1.165, 1.54) is 17.3 Å². The monoisotopic (exact) mass is 392 g/mol. The number of ketones is 1. The van der Waals surface area contributed by atoms with Gasteiger partial charge in [-0.05, 0) is 56.7 Å². The first-order chi connectivity index (χ1) is 13.4. The lowest BCUT2D eigenvalue weighted by molar-refractivity contribution is -0.116. The molecule has 4 rings (SSSR count). The van der Waals surface area contributed by atoms with Gasteiger partial charge in [-0.2, -0.15) is 0 Å². The van der Waals surface area contributed by atoms with Gasteiger partial charge in [0.2, 0.25) is 5.91 Å². The molecule has 28 heavy (non-hydrogen) atoms. The minimum absolute atomic E-state index is 0.00421. The van der Waals surface area contributed by atoms with E-state index in [1.807, 2.05) is 55.7 Å². The molecular weight excluding hydrogens is 372 g/mol. The number of carbonyl (C=O) groups excluding carboxylic acids is 2. The highest BCUT2D eigenvalue weighted by Gasteiger charge is 2.27. The van der Waals surface area contributed by atoms with E-state index in [1.54, 1.807) is 12.1 Å². The Hall–Kier alpha value is -2.93. The molecule has 1 N–H and O–H groups in total. The minimum atomic E-state index is -0.234. The first-order valence-corrected chi connectivity index (χ1v) is 10.0. The normalized spacial score (nSPS) is 15.4. The lowest BCUT2D eigenvalue weighted by atomic mass is 9.99. The summed E-state index contributed by atoms with van der Waals surface area (Å²) in [6.45, 7) is 5.78. The van der Waals surface area contributed by atoms with E-state index < -0.39 is 0 Å². The number of amides is 1. The van der Waals surface area contributed by atoms with Gasteiger partial charge in [-0.15, -0.1) is 10.2 Å². The molecule has 0 spiro atoms. The van der Waals surface area contributed by atoms with Crippen LogP contribution in [0.25, 0.3) is 5.69 Å².